The van der Waals surface area contributed by atoms with Crippen LogP contribution in [0.3, 0.4) is 0 Å². The van der Waals surface area contributed by atoms with Gasteiger partial charge in [-0.2, -0.15) is 0 Å². The normalized spacial score (nSPS) is 11.8. The van der Waals surface area contributed by atoms with Gasteiger partial charge in [0.1, 0.15) is 0 Å². The zero-order chi connectivity index (χ0) is 14.9. The predicted molar refractivity (Wildman–Crippen MR) is 83.4 cm³/mol. The number of rotatable bonds is 13. The molecule has 0 aliphatic heterocycles. The lowest BCUT2D eigenvalue weighted by Crippen LogP contribution is -1.92. The number of ether oxygens (including phenoxy) is 1. The Balaban J connectivity index is 3.32. The first kappa shape index (κ1) is 18.5. The van der Waals surface area contributed by atoms with Gasteiger partial charge in [-0.3, -0.25) is 4.79 Å². The third-order valence-electron chi connectivity index (χ3n) is 2.77. The van der Waals surface area contributed by atoms with E-state index in [9.17, 15) is 4.79 Å². The number of carboxylic acids is 1. The molecule has 0 atom stereocenters. The summed E-state index contributed by atoms with van der Waals surface area (Å²) in [5.41, 5.74) is 0. The Hall–Kier alpha value is -1.51. The Morgan fingerprint density at radius 3 is 2.40 bits per heavy atom. The third kappa shape index (κ3) is 16.5. The van der Waals surface area contributed by atoms with Gasteiger partial charge < -0.3 is 9.84 Å². The number of aliphatic carboxylic acids is 1. The molecule has 0 amide bonds. The van der Waals surface area contributed by atoms with Crippen LogP contribution in [-0.4, -0.2) is 11.1 Å². The van der Waals surface area contributed by atoms with E-state index >= 15 is 0 Å². The van der Waals surface area contributed by atoms with Crippen LogP contribution in [0.5, 0.6) is 0 Å². The number of allylic oxidation sites excluding steroid dienone is 4. The largest absolute Gasteiger partial charge is 0.481 e. The predicted octanol–water partition coefficient (Wildman–Crippen LogP) is 5.20. The molecule has 0 aliphatic carbocycles. The number of carbonyl (C=O) groups is 1. The molecule has 3 heteroatoms. The molecule has 0 aliphatic rings. The van der Waals surface area contributed by atoms with Crippen molar-refractivity contribution in [3.05, 3.63) is 36.8 Å². The summed E-state index contributed by atoms with van der Waals surface area (Å²) in [5, 5.41) is 8.47. The van der Waals surface area contributed by atoms with Crippen LogP contribution < -0.4 is 0 Å². The molecule has 0 unspecified atom stereocenters. The first-order valence-electron chi connectivity index (χ1n) is 7.59. The molecule has 3 nitrogen and oxygen atoms in total. The van der Waals surface area contributed by atoms with Crippen molar-refractivity contribution in [3.63, 3.8) is 0 Å². The molecule has 0 fully saturated rings. The number of carboxylic acid groups (broad SMARTS) is 1. The number of hydrogen-bond donors (Lipinski definition) is 1. The summed E-state index contributed by atoms with van der Waals surface area (Å²) in [6.07, 6.45) is 20.2. The second-order valence-electron chi connectivity index (χ2n) is 4.72. The average Bonchev–Trinajstić information content (AvgIpc) is 2.43. The minimum Gasteiger partial charge on any atom is -0.481 e. The molecular formula is C17H28O3. The van der Waals surface area contributed by atoms with Gasteiger partial charge in [-0.05, 0) is 50.7 Å². The van der Waals surface area contributed by atoms with Crippen LogP contribution in [0.1, 0.15) is 64.7 Å². The Morgan fingerprint density at radius 1 is 0.950 bits per heavy atom. The molecule has 20 heavy (non-hydrogen) atoms. The van der Waals surface area contributed by atoms with Crippen LogP contribution in [0.2, 0.25) is 0 Å². The van der Waals surface area contributed by atoms with Gasteiger partial charge in [-0.25, -0.2) is 0 Å². The second kappa shape index (κ2) is 15.5. The Kier molecular flexibility index (Phi) is 14.4. The highest BCUT2D eigenvalue weighted by atomic mass is 16.5. The topological polar surface area (TPSA) is 46.5 Å². The van der Waals surface area contributed by atoms with Crippen LogP contribution >= 0.6 is 0 Å². The molecule has 114 valence electrons. The minimum absolute atomic E-state index is 0.270. The lowest BCUT2D eigenvalue weighted by atomic mass is 10.2. The maximum Gasteiger partial charge on any atom is 0.303 e. The first-order chi connectivity index (χ1) is 9.77. The zero-order valence-electron chi connectivity index (χ0n) is 12.6. The summed E-state index contributed by atoms with van der Waals surface area (Å²) >= 11 is 0. The second-order valence-corrected chi connectivity index (χ2v) is 4.72. The van der Waals surface area contributed by atoms with E-state index in [1.54, 1.807) is 12.5 Å². The van der Waals surface area contributed by atoms with Gasteiger partial charge in [0.15, 0.2) is 0 Å². The van der Waals surface area contributed by atoms with Crippen molar-refractivity contribution in [3.8, 4) is 0 Å². The molecule has 0 aromatic rings. The summed E-state index contributed by atoms with van der Waals surface area (Å²) in [4.78, 5) is 10.3. The van der Waals surface area contributed by atoms with E-state index in [4.69, 9.17) is 9.84 Å². The van der Waals surface area contributed by atoms with Crippen molar-refractivity contribution in [2.24, 2.45) is 0 Å². The lowest BCUT2D eigenvalue weighted by Gasteiger charge is -1.93. The van der Waals surface area contributed by atoms with Gasteiger partial charge in [0.05, 0.1) is 12.5 Å². The van der Waals surface area contributed by atoms with E-state index < -0.39 is 5.97 Å². The third-order valence-corrected chi connectivity index (χ3v) is 2.77. The summed E-state index contributed by atoms with van der Waals surface area (Å²) in [5.74, 6) is -0.711. The first-order valence-corrected chi connectivity index (χ1v) is 7.59. The Bertz CT molecular complexity index is 303. The molecule has 0 bridgehead atoms. The van der Waals surface area contributed by atoms with Crippen LogP contribution in [-0.2, 0) is 9.53 Å². The van der Waals surface area contributed by atoms with Gasteiger partial charge in [0.25, 0.3) is 0 Å². The smallest absolute Gasteiger partial charge is 0.303 e. The van der Waals surface area contributed by atoms with Crippen LogP contribution in [0, 0.1) is 0 Å². The summed E-state index contributed by atoms with van der Waals surface area (Å²) in [7, 11) is 0. The molecule has 0 saturated carbocycles. The van der Waals surface area contributed by atoms with Crippen LogP contribution in [0.15, 0.2) is 36.8 Å². The summed E-state index contributed by atoms with van der Waals surface area (Å²) < 4.78 is 5.23. The van der Waals surface area contributed by atoms with Crippen molar-refractivity contribution in [1.29, 1.82) is 0 Å². The van der Waals surface area contributed by atoms with Crippen molar-refractivity contribution in [2.75, 3.05) is 0 Å². The highest BCUT2D eigenvalue weighted by molar-refractivity contribution is 5.66. The molecule has 0 saturated heterocycles. The quantitative estimate of drug-likeness (QED) is 0.286. The Morgan fingerprint density at radius 2 is 1.65 bits per heavy atom. The van der Waals surface area contributed by atoms with Gasteiger partial charge in [-0.15, -0.1) is 0 Å². The zero-order valence-corrected chi connectivity index (χ0v) is 12.6. The molecular weight excluding hydrogens is 252 g/mol. The van der Waals surface area contributed by atoms with Gasteiger partial charge >= 0.3 is 5.97 Å². The molecule has 0 aromatic heterocycles. The van der Waals surface area contributed by atoms with E-state index in [1.807, 2.05) is 6.08 Å². The summed E-state index contributed by atoms with van der Waals surface area (Å²) in [6, 6.07) is 0. The molecule has 0 spiro atoms. The summed E-state index contributed by atoms with van der Waals surface area (Å²) in [6.45, 7) is 2.20. The standard InChI is InChI=1S/C17H28O3/c1-2-3-4-9-12-15-20-16-13-10-7-5-6-8-11-14-17(18)19/h5,7,12-13,15-16H,2-4,6,8-11,14H2,1H3,(H,18,19)/b7-5+,15-12+,16-13+. The minimum atomic E-state index is -0.711. The fourth-order valence-corrected chi connectivity index (χ4v) is 1.62. The highest BCUT2D eigenvalue weighted by Gasteiger charge is 1.93. The molecule has 0 heterocycles. The maximum atomic E-state index is 10.3. The SMILES string of the molecule is CCCCC/C=C/O/C=C/C/C=C/CCCCC(=O)O. The van der Waals surface area contributed by atoms with Crippen molar-refractivity contribution in [2.45, 2.75) is 64.7 Å². The van der Waals surface area contributed by atoms with Gasteiger partial charge in [-0.1, -0.05) is 31.9 Å². The van der Waals surface area contributed by atoms with E-state index in [-0.39, 0.29) is 6.42 Å². The number of unbranched alkanes of at least 4 members (excludes halogenated alkanes) is 5. The van der Waals surface area contributed by atoms with Gasteiger partial charge in [0, 0.05) is 6.42 Å². The maximum absolute atomic E-state index is 10.3. The molecule has 1 N–H and O–H groups in total. The monoisotopic (exact) mass is 280 g/mol. The van der Waals surface area contributed by atoms with E-state index in [0.717, 1.165) is 32.1 Å². The van der Waals surface area contributed by atoms with Crippen molar-refractivity contribution in [1.82, 2.24) is 0 Å². The highest BCUT2D eigenvalue weighted by Crippen LogP contribution is 2.02. The fourth-order valence-electron chi connectivity index (χ4n) is 1.62. The van der Waals surface area contributed by atoms with Crippen molar-refractivity contribution >= 4 is 5.97 Å². The van der Waals surface area contributed by atoms with Crippen LogP contribution in [0.25, 0.3) is 0 Å². The number of hydrogen-bond acceptors (Lipinski definition) is 2. The lowest BCUT2D eigenvalue weighted by molar-refractivity contribution is -0.137. The molecule has 0 radical (unpaired) electrons. The van der Waals surface area contributed by atoms with Gasteiger partial charge in [0.2, 0.25) is 0 Å². The van der Waals surface area contributed by atoms with Crippen molar-refractivity contribution < 1.29 is 14.6 Å². The Labute approximate surface area is 123 Å². The van der Waals surface area contributed by atoms with E-state index in [2.05, 4.69) is 25.2 Å². The fraction of sp³-hybridized carbons (Fsp3) is 0.588. The van der Waals surface area contributed by atoms with Crippen LogP contribution in [0.4, 0.5) is 0 Å². The van der Waals surface area contributed by atoms with E-state index in [0.29, 0.717) is 0 Å². The van der Waals surface area contributed by atoms with E-state index in [1.165, 1.54) is 19.3 Å². The molecule has 0 aromatic carbocycles. The average molecular weight is 280 g/mol. The molecule has 0 rings (SSSR count).